The quantitative estimate of drug-likeness (QED) is 0.526. The van der Waals surface area contributed by atoms with E-state index in [4.69, 9.17) is 0 Å². The van der Waals surface area contributed by atoms with Crippen LogP contribution in [0.2, 0.25) is 0 Å². The molecule has 3 aromatic carbocycles. The zero-order valence-corrected chi connectivity index (χ0v) is 12.3. The van der Waals surface area contributed by atoms with Crippen LogP contribution in [0.25, 0.3) is 28.0 Å². The van der Waals surface area contributed by atoms with E-state index >= 15 is 0 Å². The number of aryl methyl sites for hydroxylation is 2. The van der Waals surface area contributed by atoms with E-state index in [1.807, 2.05) is 0 Å². The van der Waals surface area contributed by atoms with Gasteiger partial charge in [-0.3, -0.25) is 0 Å². The first kappa shape index (κ1) is 12.4. The minimum Gasteiger partial charge on any atom is -0.0836 e. The maximum atomic E-state index is 2.38. The van der Waals surface area contributed by atoms with E-state index in [0.29, 0.717) is 0 Å². The van der Waals surface area contributed by atoms with Crippen LogP contribution in [0.4, 0.5) is 0 Å². The lowest BCUT2D eigenvalue weighted by atomic mass is 9.85. The van der Waals surface area contributed by atoms with Crippen molar-refractivity contribution in [2.24, 2.45) is 0 Å². The molecule has 1 aliphatic carbocycles. The summed E-state index contributed by atoms with van der Waals surface area (Å²) in [5.74, 6) is 0. The first-order valence-corrected chi connectivity index (χ1v) is 7.61. The summed E-state index contributed by atoms with van der Waals surface area (Å²) in [6, 6.07) is 20.0. The normalized spacial score (nSPS) is 13.4. The highest BCUT2D eigenvalue weighted by atomic mass is 14.2. The van der Waals surface area contributed by atoms with Gasteiger partial charge in [0, 0.05) is 0 Å². The van der Waals surface area contributed by atoms with Gasteiger partial charge >= 0.3 is 0 Å². The van der Waals surface area contributed by atoms with Gasteiger partial charge in [0.1, 0.15) is 0 Å². The average Bonchev–Trinajstić information content (AvgIpc) is 2.53. The first-order valence-electron chi connectivity index (χ1n) is 7.61. The van der Waals surface area contributed by atoms with Gasteiger partial charge in [0.25, 0.3) is 0 Å². The van der Waals surface area contributed by atoms with Crippen molar-refractivity contribution in [3.63, 3.8) is 0 Å². The zero-order valence-electron chi connectivity index (χ0n) is 12.3. The maximum absolute atomic E-state index is 2.38. The summed E-state index contributed by atoms with van der Waals surface area (Å²) in [7, 11) is 0. The number of fused-ring (bicyclic) bond motifs is 2. The smallest absolute Gasteiger partial charge is 0.00302 e. The van der Waals surface area contributed by atoms with Crippen LogP contribution < -0.4 is 0 Å². The largest absolute Gasteiger partial charge is 0.0836 e. The fraction of sp³-hybridized carbons (Fsp3) is 0.143. The molecular weight excluding hydrogens is 252 g/mol. The number of rotatable bonds is 1. The third-order valence-corrected chi connectivity index (χ3v) is 4.35. The number of allylic oxidation sites excluding steroid dienone is 1. The number of hydrogen-bond donors (Lipinski definition) is 0. The molecule has 0 N–H and O–H groups in total. The van der Waals surface area contributed by atoms with Gasteiger partial charge in [-0.2, -0.15) is 0 Å². The third kappa shape index (κ3) is 2.08. The van der Waals surface area contributed by atoms with E-state index < -0.39 is 0 Å². The monoisotopic (exact) mass is 270 g/mol. The Hall–Kier alpha value is -2.34. The van der Waals surface area contributed by atoms with Gasteiger partial charge in [-0.25, -0.2) is 0 Å². The fourth-order valence-electron chi connectivity index (χ4n) is 3.35. The molecule has 0 spiro atoms. The minimum atomic E-state index is 1.15. The molecule has 1 aliphatic rings. The van der Waals surface area contributed by atoms with Gasteiger partial charge in [0.2, 0.25) is 0 Å². The van der Waals surface area contributed by atoms with Crippen molar-refractivity contribution in [2.75, 3.05) is 0 Å². The second kappa shape index (κ2) is 4.89. The molecule has 0 atom stereocenters. The minimum absolute atomic E-state index is 1.15. The number of hydrogen-bond acceptors (Lipinski definition) is 0. The van der Waals surface area contributed by atoms with Gasteiger partial charge in [-0.1, -0.05) is 72.3 Å². The van der Waals surface area contributed by atoms with Crippen molar-refractivity contribution in [1.29, 1.82) is 0 Å². The predicted molar refractivity (Wildman–Crippen MR) is 91.5 cm³/mol. The Morgan fingerprint density at radius 2 is 1.76 bits per heavy atom. The first-order chi connectivity index (χ1) is 10.3. The standard InChI is InChI=1S/C21H18/c1-15-11-12-20-18(13-15)14-17-9-5-6-10-19(17)21(20)16-7-3-2-4-8-16/h2-4,6-8,10-14H,5,9H2,1H3. The van der Waals surface area contributed by atoms with E-state index in [2.05, 4.69) is 73.7 Å². The molecule has 0 bridgehead atoms. The SMILES string of the molecule is Cc1ccc2c(-c3ccccc3)c3c(cc2c1)CCC=C3. The van der Waals surface area contributed by atoms with Crippen LogP contribution in [-0.4, -0.2) is 0 Å². The van der Waals surface area contributed by atoms with E-state index in [-0.39, 0.29) is 0 Å². The van der Waals surface area contributed by atoms with E-state index in [1.165, 1.54) is 38.6 Å². The van der Waals surface area contributed by atoms with Gasteiger partial charge < -0.3 is 0 Å². The van der Waals surface area contributed by atoms with Gasteiger partial charge in [0.15, 0.2) is 0 Å². The lowest BCUT2D eigenvalue weighted by molar-refractivity contribution is 0.989. The molecular formula is C21H18. The average molecular weight is 270 g/mol. The zero-order chi connectivity index (χ0) is 14.2. The Morgan fingerprint density at radius 1 is 0.905 bits per heavy atom. The van der Waals surface area contributed by atoms with Gasteiger partial charge in [0.05, 0.1) is 0 Å². The predicted octanol–water partition coefficient (Wildman–Crippen LogP) is 5.77. The van der Waals surface area contributed by atoms with Gasteiger partial charge in [-0.15, -0.1) is 0 Å². The molecule has 0 unspecified atom stereocenters. The van der Waals surface area contributed by atoms with Crippen LogP contribution in [-0.2, 0) is 6.42 Å². The Balaban J connectivity index is 2.14. The van der Waals surface area contributed by atoms with Gasteiger partial charge in [-0.05, 0) is 52.8 Å². The van der Waals surface area contributed by atoms with Crippen molar-refractivity contribution in [3.8, 4) is 11.1 Å². The Bertz CT molecular complexity index is 839. The highest BCUT2D eigenvalue weighted by Crippen LogP contribution is 2.37. The maximum Gasteiger partial charge on any atom is -0.00302 e. The van der Waals surface area contributed by atoms with Crippen LogP contribution in [0.1, 0.15) is 23.1 Å². The lowest BCUT2D eigenvalue weighted by Crippen LogP contribution is -1.98. The van der Waals surface area contributed by atoms with Crippen molar-refractivity contribution in [3.05, 3.63) is 77.4 Å². The molecule has 0 saturated heterocycles. The van der Waals surface area contributed by atoms with Crippen molar-refractivity contribution in [2.45, 2.75) is 19.8 Å². The summed E-state index contributed by atoms with van der Waals surface area (Å²) < 4.78 is 0. The molecule has 102 valence electrons. The Kier molecular flexibility index (Phi) is 2.89. The van der Waals surface area contributed by atoms with Crippen LogP contribution >= 0.6 is 0 Å². The molecule has 0 saturated carbocycles. The van der Waals surface area contributed by atoms with Crippen LogP contribution in [0.15, 0.2) is 60.7 Å². The second-order valence-electron chi connectivity index (χ2n) is 5.86. The van der Waals surface area contributed by atoms with Crippen LogP contribution in [0.3, 0.4) is 0 Å². The topological polar surface area (TPSA) is 0 Å². The second-order valence-corrected chi connectivity index (χ2v) is 5.86. The summed E-state index contributed by atoms with van der Waals surface area (Å²) in [4.78, 5) is 0. The summed E-state index contributed by atoms with van der Waals surface area (Å²) in [5.41, 5.74) is 6.92. The molecule has 0 amide bonds. The molecule has 0 radical (unpaired) electrons. The summed E-state index contributed by atoms with van der Waals surface area (Å²) in [6.07, 6.45) is 6.91. The third-order valence-electron chi connectivity index (χ3n) is 4.35. The van der Waals surface area contributed by atoms with E-state index in [0.717, 1.165) is 12.8 Å². The highest BCUT2D eigenvalue weighted by molar-refractivity contribution is 6.02. The Labute approximate surface area is 125 Å². The summed E-state index contributed by atoms with van der Waals surface area (Å²) in [6.45, 7) is 2.17. The highest BCUT2D eigenvalue weighted by Gasteiger charge is 2.14. The van der Waals surface area contributed by atoms with Crippen molar-refractivity contribution < 1.29 is 0 Å². The molecule has 4 rings (SSSR count). The lowest BCUT2D eigenvalue weighted by Gasteiger charge is -2.19. The molecule has 0 heterocycles. The van der Waals surface area contributed by atoms with Crippen LogP contribution in [0, 0.1) is 6.92 Å². The van der Waals surface area contributed by atoms with E-state index in [1.54, 1.807) is 0 Å². The molecule has 3 aromatic rings. The fourth-order valence-corrected chi connectivity index (χ4v) is 3.35. The van der Waals surface area contributed by atoms with E-state index in [9.17, 15) is 0 Å². The summed E-state index contributed by atoms with van der Waals surface area (Å²) >= 11 is 0. The van der Waals surface area contributed by atoms with Crippen molar-refractivity contribution in [1.82, 2.24) is 0 Å². The Morgan fingerprint density at radius 3 is 2.62 bits per heavy atom. The molecule has 0 aliphatic heterocycles. The van der Waals surface area contributed by atoms with Crippen molar-refractivity contribution >= 4 is 16.8 Å². The molecule has 0 aromatic heterocycles. The molecule has 0 heteroatoms. The van der Waals surface area contributed by atoms with Crippen LogP contribution in [0.5, 0.6) is 0 Å². The molecule has 21 heavy (non-hydrogen) atoms. The number of benzene rings is 3. The summed E-state index contributed by atoms with van der Waals surface area (Å²) in [5, 5.41) is 2.72. The molecule has 0 fully saturated rings. The molecule has 0 nitrogen and oxygen atoms in total.